The molecular formula is C6H10O3. The van der Waals surface area contributed by atoms with Crippen LogP contribution in [0.5, 0.6) is 0 Å². The molecule has 0 aliphatic carbocycles. The van der Waals surface area contributed by atoms with E-state index in [1.54, 1.807) is 0 Å². The number of carbonyl (C=O) groups is 1. The van der Waals surface area contributed by atoms with Crippen LogP contribution in [-0.4, -0.2) is 24.3 Å². The molecule has 0 heterocycles. The molecule has 9 heavy (non-hydrogen) atoms. The van der Waals surface area contributed by atoms with Gasteiger partial charge < -0.3 is 9.84 Å². The summed E-state index contributed by atoms with van der Waals surface area (Å²) < 4.78 is 4.83. The zero-order valence-corrected chi connectivity index (χ0v) is 5.33. The summed E-state index contributed by atoms with van der Waals surface area (Å²) in [6, 6.07) is 0. The highest BCUT2D eigenvalue weighted by Gasteiger charge is 1.82. The van der Waals surface area contributed by atoms with Crippen LogP contribution in [0.15, 0.2) is 12.2 Å². The van der Waals surface area contributed by atoms with Gasteiger partial charge in [-0.3, -0.25) is 0 Å². The third kappa shape index (κ3) is 7.17. The first-order valence-corrected chi connectivity index (χ1v) is 2.74. The van der Waals surface area contributed by atoms with Crippen molar-refractivity contribution in [3.8, 4) is 0 Å². The van der Waals surface area contributed by atoms with Gasteiger partial charge in [-0.05, 0) is 6.92 Å². The van der Waals surface area contributed by atoms with Crippen molar-refractivity contribution >= 4 is 5.97 Å². The van der Waals surface area contributed by atoms with Crippen molar-refractivity contribution < 1.29 is 14.6 Å². The number of carboxylic acids is 1. The molecule has 0 aliphatic heterocycles. The predicted molar refractivity (Wildman–Crippen MR) is 33.3 cm³/mol. The molecule has 0 spiro atoms. The number of hydrogen-bond donors (Lipinski definition) is 1. The Hall–Kier alpha value is -0.830. The Morgan fingerprint density at radius 1 is 1.78 bits per heavy atom. The SMILES string of the molecule is CCOC/C=C\C(=O)O. The quantitative estimate of drug-likeness (QED) is 0.449. The van der Waals surface area contributed by atoms with Crippen LogP contribution in [0.1, 0.15) is 6.92 Å². The second-order valence-electron chi connectivity index (χ2n) is 1.40. The molecular weight excluding hydrogens is 120 g/mol. The average Bonchev–Trinajstić information content (AvgIpc) is 1.80. The number of hydrogen-bond acceptors (Lipinski definition) is 2. The molecule has 3 heteroatoms. The van der Waals surface area contributed by atoms with E-state index in [2.05, 4.69) is 0 Å². The van der Waals surface area contributed by atoms with Gasteiger partial charge >= 0.3 is 5.97 Å². The van der Waals surface area contributed by atoms with Crippen molar-refractivity contribution in [1.29, 1.82) is 0 Å². The van der Waals surface area contributed by atoms with Crippen LogP contribution in [-0.2, 0) is 9.53 Å². The molecule has 0 bridgehead atoms. The molecule has 0 aromatic rings. The van der Waals surface area contributed by atoms with Gasteiger partial charge in [0, 0.05) is 12.7 Å². The summed E-state index contributed by atoms with van der Waals surface area (Å²) in [4.78, 5) is 9.82. The van der Waals surface area contributed by atoms with E-state index >= 15 is 0 Å². The number of aliphatic carboxylic acids is 1. The highest BCUT2D eigenvalue weighted by molar-refractivity contribution is 5.79. The van der Waals surface area contributed by atoms with Gasteiger partial charge in [0.1, 0.15) is 0 Å². The fourth-order valence-corrected chi connectivity index (χ4v) is 0.335. The third-order valence-electron chi connectivity index (χ3n) is 0.679. The minimum atomic E-state index is -0.935. The summed E-state index contributed by atoms with van der Waals surface area (Å²) in [6.07, 6.45) is 2.53. The second kappa shape index (κ2) is 5.31. The molecule has 0 radical (unpaired) electrons. The normalized spacial score (nSPS) is 10.3. The van der Waals surface area contributed by atoms with E-state index in [1.807, 2.05) is 6.92 Å². The molecule has 1 N–H and O–H groups in total. The Kier molecular flexibility index (Phi) is 4.82. The lowest BCUT2D eigenvalue weighted by Gasteiger charge is -1.90. The topological polar surface area (TPSA) is 46.5 Å². The van der Waals surface area contributed by atoms with Crippen molar-refractivity contribution in [2.45, 2.75) is 6.92 Å². The average molecular weight is 130 g/mol. The van der Waals surface area contributed by atoms with Gasteiger partial charge in [0.05, 0.1) is 6.61 Å². The largest absolute Gasteiger partial charge is 0.478 e. The number of carboxylic acid groups (broad SMARTS) is 1. The smallest absolute Gasteiger partial charge is 0.328 e. The fourth-order valence-electron chi connectivity index (χ4n) is 0.335. The van der Waals surface area contributed by atoms with Gasteiger partial charge in [-0.2, -0.15) is 0 Å². The summed E-state index contributed by atoms with van der Waals surface area (Å²) >= 11 is 0. The van der Waals surface area contributed by atoms with Crippen molar-refractivity contribution in [2.24, 2.45) is 0 Å². The second-order valence-corrected chi connectivity index (χ2v) is 1.40. The van der Waals surface area contributed by atoms with E-state index in [-0.39, 0.29) is 0 Å². The molecule has 0 aromatic heterocycles. The Balaban J connectivity index is 3.15. The monoisotopic (exact) mass is 130 g/mol. The maximum atomic E-state index is 9.82. The van der Waals surface area contributed by atoms with Gasteiger partial charge in [-0.1, -0.05) is 6.08 Å². The maximum absolute atomic E-state index is 9.82. The van der Waals surface area contributed by atoms with E-state index in [4.69, 9.17) is 9.84 Å². The first kappa shape index (κ1) is 8.17. The van der Waals surface area contributed by atoms with Crippen LogP contribution in [0.4, 0.5) is 0 Å². The molecule has 3 nitrogen and oxygen atoms in total. The van der Waals surface area contributed by atoms with Crippen LogP contribution >= 0.6 is 0 Å². The minimum absolute atomic E-state index is 0.378. The highest BCUT2D eigenvalue weighted by Crippen LogP contribution is 1.76. The third-order valence-corrected chi connectivity index (χ3v) is 0.679. The maximum Gasteiger partial charge on any atom is 0.328 e. The zero-order valence-electron chi connectivity index (χ0n) is 5.33. The Bertz CT molecular complexity index is 107. The Labute approximate surface area is 53.9 Å². The molecule has 0 unspecified atom stereocenters. The van der Waals surface area contributed by atoms with Crippen LogP contribution in [0.2, 0.25) is 0 Å². The van der Waals surface area contributed by atoms with Crippen LogP contribution in [0, 0.1) is 0 Å². The predicted octanol–water partition coefficient (Wildman–Crippen LogP) is 0.664. The summed E-state index contributed by atoms with van der Waals surface area (Å²) in [6.45, 7) is 2.85. The van der Waals surface area contributed by atoms with E-state index < -0.39 is 5.97 Å². The van der Waals surface area contributed by atoms with Crippen molar-refractivity contribution in [1.82, 2.24) is 0 Å². The molecule has 0 rings (SSSR count). The molecule has 52 valence electrons. The first-order valence-electron chi connectivity index (χ1n) is 2.74. The first-order chi connectivity index (χ1) is 4.27. The summed E-state index contributed by atoms with van der Waals surface area (Å²) in [5.74, 6) is -0.935. The van der Waals surface area contributed by atoms with E-state index in [0.29, 0.717) is 13.2 Å². The minimum Gasteiger partial charge on any atom is -0.478 e. The van der Waals surface area contributed by atoms with Gasteiger partial charge in [0.15, 0.2) is 0 Å². The standard InChI is InChI=1S/C6H10O3/c1-2-9-5-3-4-6(7)8/h3-4H,2,5H2,1H3,(H,7,8)/b4-3-. The molecule has 0 fully saturated rings. The van der Waals surface area contributed by atoms with E-state index in [1.165, 1.54) is 6.08 Å². The Morgan fingerprint density at radius 2 is 2.44 bits per heavy atom. The van der Waals surface area contributed by atoms with Crippen molar-refractivity contribution in [3.63, 3.8) is 0 Å². The summed E-state index contributed by atoms with van der Waals surface area (Å²) in [5.41, 5.74) is 0. The molecule has 0 aliphatic rings. The zero-order chi connectivity index (χ0) is 7.11. The van der Waals surface area contributed by atoms with Crippen LogP contribution in [0.25, 0.3) is 0 Å². The lowest BCUT2D eigenvalue weighted by molar-refractivity contribution is -0.131. The van der Waals surface area contributed by atoms with Crippen molar-refractivity contribution in [2.75, 3.05) is 13.2 Å². The molecule has 0 saturated carbocycles. The fraction of sp³-hybridized carbons (Fsp3) is 0.500. The van der Waals surface area contributed by atoms with Crippen LogP contribution in [0.3, 0.4) is 0 Å². The molecule has 0 atom stereocenters. The highest BCUT2D eigenvalue weighted by atomic mass is 16.5. The lowest BCUT2D eigenvalue weighted by Crippen LogP contribution is -1.91. The van der Waals surface area contributed by atoms with E-state index in [0.717, 1.165) is 6.08 Å². The lowest BCUT2D eigenvalue weighted by atomic mass is 10.5. The van der Waals surface area contributed by atoms with Crippen molar-refractivity contribution in [3.05, 3.63) is 12.2 Å². The van der Waals surface area contributed by atoms with Crippen LogP contribution < -0.4 is 0 Å². The number of ether oxygens (including phenoxy) is 1. The van der Waals surface area contributed by atoms with Gasteiger partial charge in [0.2, 0.25) is 0 Å². The Morgan fingerprint density at radius 3 is 2.89 bits per heavy atom. The summed E-state index contributed by atoms with van der Waals surface area (Å²) in [5, 5.41) is 8.07. The van der Waals surface area contributed by atoms with E-state index in [9.17, 15) is 4.79 Å². The van der Waals surface area contributed by atoms with Gasteiger partial charge in [-0.15, -0.1) is 0 Å². The molecule has 0 amide bonds. The molecule has 0 saturated heterocycles. The summed E-state index contributed by atoms with van der Waals surface area (Å²) in [7, 11) is 0. The van der Waals surface area contributed by atoms with Gasteiger partial charge in [0.25, 0.3) is 0 Å². The molecule has 0 aromatic carbocycles. The van der Waals surface area contributed by atoms with Gasteiger partial charge in [-0.25, -0.2) is 4.79 Å². The number of rotatable bonds is 4.